The summed E-state index contributed by atoms with van der Waals surface area (Å²) in [5, 5.41) is 0. The maximum absolute atomic E-state index is 12.5. The summed E-state index contributed by atoms with van der Waals surface area (Å²) in [6, 6.07) is 8.66. The van der Waals surface area contributed by atoms with Crippen LogP contribution in [0, 0.1) is 12.8 Å². The van der Waals surface area contributed by atoms with Crippen LogP contribution in [0.15, 0.2) is 42.3 Å². The highest BCUT2D eigenvalue weighted by molar-refractivity contribution is 6.14. The summed E-state index contributed by atoms with van der Waals surface area (Å²) in [6.07, 6.45) is 3.25. The van der Waals surface area contributed by atoms with Gasteiger partial charge in [0.25, 0.3) is 0 Å². The molecular formula is C19H17NO4. The lowest BCUT2D eigenvalue weighted by Crippen LogP contribution is -2.15. The van der Waals surface area contributed by atoms with Gasteiger partial charge >= 0.3 is 5.97 Å². The number of ether oxygens (including phenoxy) is 2. The number of Topliss-reactive ketones (excluding diaryl/α,β-unsaturated/α-hetero) is 1. The van der Waals surface area contributed by atoms with Crippen molar-refractivity contribution in [1.82, 2.24) is 4.98 Å². The van der Waals surface area contributed by atoms with Crippen molar-refractivity contribution in [2.24, 2.45) is 5.92 Å². The number of rotatable bonds is 3. The third-order valence-corrected chi connectivity index (χ3v) is 3.69. The van der Waals surface area contributed by atoms with Gasteiger partial charge in [-0.2, -0.15) is 0 Å². The van der Waals surface area contributed by atoms with E-state index in [2.05, 4.69) is 4.98 Å². The van der Waals surface area contributed by atoms with Crippen LogP contribution in [0.3, 0.4) is 0 Å². The van der Waals surface area contributed by atoms with Gasteiger partial charge in [-0.25, -0.2) is 0 Å². The molecule has 0 N–H and O–H groups in total. The minimum Gasteiger partial charge on any atom is -0.452 e. The van der Waals surface area contributed by atoms with E-state index in [0.29, 0.717) is 28.3 Å². The van der Waals surface area contributed by atoms with E-state index in [0.717, 1.165) is 0 Å². The van der Waals surface area contributed by atoms with Crippen molar-refractivity contribution in [3.05, 3.63) is 59.1 Å². The molecule has 5 heteroatoms. The van der Waals surface area contributed by atoms with Gasteiger partial charge in [-0.05, 0) is 31.2 Å². The van der Waals surface area contributed by atoms with E-state index in [1.54, 1.807) is 57.3 Å². The number of fused-ring (bicyclic) bond motifs is 1. The van der Waals surface area contributed by atoms with Gasteiger partial charge < -0.3 is 9.47 Å². The summed E-state index contributed by atoms with van der Waals surface area (Å²) in [5.74, 6) is 0.265. The van der Waals surface area contributed by atoms with Crippen molar-refractivity contribution in [3.63, 3.8) is 0 Å². The molecule has 1 aromatic heterocycles. The van der Waals surface area contributed by atoms with Gasteiger partial charge in [-0.1, -0.05) is 19.9 Å². The molecule has 0 saturated carbocycles. The largest absolute Gasteiger partial charge is 0.452 e. The molecule has 0 radical (unpaired) electrons. The number of ketones is 1. The average molecular weight is 323 g/mol. The molecule has 0 unspecified atom stereocenters. The predicted molar refractivity (Wildman–Crippen MR) is 88.8 cm³/mol. The Morgan fingerprint density at radius 1 is 1.25 bits per heavy atom. The van der Waals surface area contributed by atoms with Crippen molar-refractivity contribution >= 4 is 17.8 Å². The molecule has 0 aliphatic carbocycles. The molecule has 0 saturated heterocycles. The van der Waals surface area contributed by atoms with Crippen LogP contribution in [0.2, 0.25) is 0 Å². The Labute approximate surface area is 139 Å². The Morgan fingerprint density at radius 3 is 2.71 bits per heavy atom. The Hall–Kier alpha value is -2.95. The number of hydrogen-bond acceptors (Lipinski definition) is 5. The molecular weight excluding hydrogens is 306 g/mol. The molecule has 3 rings (SSSR count). The third-order valence-electron chi connectivity index (χ3n) is 3.69. The number of hydrogen-bond donors (Lipinski definition) is 0. The summed E-state index contributed by atoms with van der Waals surface area (Å²) < 4.78 is 11.1. The number of allylic oxidation sites excluding steroid dienone is 1. The fraction of sp³-hybridized carbons (Fsp3) is 0.211. The quantitative estimate of drug-likeness (QED) is 0.491. The van der Waals surface area contributed by atoms with E-state index >= 15 is 0 Å². The molecule has 24 heavy (non-hydrogen) atoms. The van der Waals surface area contributed by atoms with Crippen molar-refractivity contribution in [1.29, 1.82) is 0 Å². The second kappa shape index (κ2) is 6.28. The van der Waals surface area contributed by atoms with E-state index in [9.17, 15) is 9.59 Å². The van der Waals surface area contributed by atoms with Gasteiger partial charge in [0.15, 0.2) is 5.76 Å². The Balaban J connectivity index is 1.93. The molecule has 0 atom stereocenters. The van der Waals surface area contributed by atoms with Crippen LogP contribution >= 0.6 is 0 Å². The lowest BCUT2D eigenvalue weighted by Gasteiger charge is -2.11. The zero-order chi connectivity index (χ0) is 17.3. The van der Waals surface area contributed by atoms with E-state index in [1.807, 2.05) is 6.07 Å². The van der Waals surface area contributed by atoms with E-state index < -0.39 is 0 Å². The number of benzene rings is 1. The number of nitrogens with zero attached hydrogens (tertiary/aromatic N) is 1. The lowest BCUT2D eigenvalue weighted by molar-refractivity contribution is -0.137. The SMILES string of the molecule is Cc1c(OC(=O)C(C)C)ccc2c1O/C(=C\c1ccccn1)C2=O. The molecule has 0 spiro atoms. The van der Waals surface area contributed by atoms with E-state index in [-0.39, 0.29) is 23.4 Å². The van der Waals surface area contributed by atoms with E-state index in [1.165, 1.54) is 0 Å². The van der Waals surface area contributed by atoms with Crippen LogP contribution in [0.25, 0.3) is 6.08 Å². The summed E-state index contributed by atoms with van der Waals surface area (Å²) >= 11 is 0. The topological polar surface area (TPSA) is 65.5 Å². The van der Waals surface area contributed by atoms with Gasteiger partial charge in [0, 0.05) is 17.8 Å². The van der Waals surface area contributed by atoms with Gasteiger partial charge in [-0.3, -0.25) is 14.6 Å². The highest BCUT2D eigenvalue weighted by Crippen LogP contribution is 2.39. The van der Waals surface area contributed by atoms with Gasteiger partial charge in [0.1, 0.15) is 11.5 Å². The van der Waals surface area contributed by atoms with Crippen LogP contribution in [0.4, 0.5) is 0 Å². The first kappa shape index (κ1) is 15.9. The second-order valence-electron chi connectivity index (χ2n) is 5.84. The average Bonchev–Trinajstić information content (AvgIpc) is 2.88. The predicted octanol–water partition coefficient (Wildman–Crippen LogP) is 3.57. The Kier molecular flexibility index (Phi) is 4.16. The first-order valence-corrected chi connectivity index (χ1v) is 7.68. The molecule has 1 aliphatic heterocycles. The summed E-state index contributed by atoms with van der Waals surface area (Å²) in [6.45, 7) is 5.29. The van der Waals surface area contributed by atoms with Crippen LogP contribution < -0.4 is 9.47 Å². The first-order valence-electron chi connectivity index (χ1n) is 7.68. The second-order valence-corrected chi connectivity index (χ2v) is 5.84. The summed E-state index contributed by atoms with van der Waals surface area (Å²) in [4.78, 5) is 28.4. The molecule has 2 heterocycles. The lowest BCUT2D eigenvalue weighted by atomic mass is 10.1. The molecule has 0 fully saturated rings. The Morgan fingerprint density at radius 2 is 2.04 bits per heavy atom. The molecule has 1 aliphatic rings. The zero-order valence-electron chi connectivity index (χ0n) is 13.7. The maximum atomic E-state index is 12.5. The minimum absolute atomic E-state index is 0.208. The van der Waals surface area contributed by atoms with Gasteiger partial charge in [0.05, 0.1) is 17.2 Å². The number of carbonyl (C=O) groups is 2. The fourth-order valence-electron chi connectivity index (χ4n) is 2.30. The van der Waals surface area contributed by atoms with Gasteiger partial charge in [0.2, 0.25) is 5.78 Å². The van der Waals surface area contributed by atoms with Crippen molar-refractivity contribution in [2.75, 3.05) is 0 Å². The highest BCUT2D eigenvalue weighted by atomic mass is 16.5. The molecule has 1 aromatic carbocycles. The highest BCUT2D eigenvalue weighted by Gasteiger charge is 2.30. The molecule has 122 valence electrons. The molecule has 5 nitrogen and oxygen atoms in total. The first-order chi connectivity index (χ1) is 11.5. The monoisotopic (exact) mass is 323 g/mol. The molecule has 0 amide bonds. The molecule has 0 bridgehead atoms. The third kappa shape index (κ3) is 2.93. The minimum atomic E-state index is -0.327. The van der Waals surface area contributed by atoms with Gasteiger partial charge in [-0.15, -0.1) is 0 Å². The number of esters is 1. The normalized spacial score (nSPS) is 14.7. The van der Waals surface area contributed by atoms with Crippen molar-refractivity contribution in [3.8, 4) is 11.5 Å². The van der Waals surface area contributed by atoms with E-state index in [4.69, 9.17) is 9.47 Å². The summed E-state index contributed by atoms with van der Waals surface area (Å²) in [7, 11) is 0. The maximum Gasteiger partial charge on any atom is 0.313 e. The van der Waals surface area contributed by atoms with Crippen LogP contribution in [0.1, 0.15) is 35.5 Å². The molecule has 2 aromatic rings. The number of aromatic nitrogens is 1. The zero-order valence-corrected chi connectivity index (χ0v) is 13.7. The van der Waals surface area contributed by atoms with Crippen LogP contribution in [0.5, 0.6) is 11.5 Å². The Bertz CT molecular complexity index is 838. The standard InChI is InChI=1S/C19H17NO4/c1-11(2)19(22)24-15-8-7-14-17(21)16(23-18(14)12(15)3)10-13-6-4-5-9-20-13/h4-11H,1-3H3/b16-10-. The smallest absolute Gasteiger partial charge is 0.313 e. The fourth-order valence-corrected chi connectivity index (χ4v) is 2.30. The van der Waals surface area contributed by atoms with Crippen molar-refractivity contribution in [2.45, 2.75) is 20.8 Å². The number of pyridine rings is 1. The van der Waals surface area contributed by atoms with Crippen LogP contribution in [-0.2, 0) is 4.79 Å². The number of carbonyl (C=O) groups excluding carboxylic acids is 2. The summed E-state index contributed by atoms with van der Waals surface area (Å²) in [5.41, 5.74) is 1.72. The van der Waals surface area contributed by atoms with Crippen LogP contribution in [-0.4, -0.2) is 16.7 Å². The van der Waals surface area contributed by atoms with Crippen molar-refractivity contribution < 1.29 is 19.1 Å².